The van der Waals surface area contributed by atoms with Gasteiger partial charge in [0.25, 0.3) is 5.91 Å². The van der Waals surface area contributed by atoms with Crippen LogP contribution in [0.4, 0.5) is 0 Å². The van der Waals surface area contributed by atoms with Gasteiger partial charge >= 0.3 is 0 Å². The summed E-state index contributed by atoms with van der Waals surface area (Å²) in [4.78, 5) is 31.1. The molecule has 1 atom stereocenters. The topological polar surface area (TPSA) is 92.9 Å². The molecule has 0 spiro atoms. The molecule has 26 heavy (non-hydrogen) atoms. The summed E-state index contributed by atoms with van der Waals surface area (Å²) in [5.41, 5.74) is 0.456. The summed E-state index contributed by atoms with van der Waals surface area (Å²) in [6.45, 7) is 4.28. The summed E-state index contributed by atoms with van der Waals surface area (Å²) in [5.74, 6) is -1.68. The zero-order valence-electron chi connectivity index (χ0n) is 14.6. The number of rotatable bonds is 7. The number of aliphatic hydroxyl groups excluding tert-OH is 1. The Labute approximate surface area is 150 Å². The van der Waals surface area contributed by atoms with Crippen LogP contribution in [0.2, 0.25) is 0 Å². The molecular formula is C19H20N2O5. The van der Waals surface area contributed by atoms with E-state index in [-0.39, 0.29) is 30.6 Å². The van der Waals surface area contributed by atoms with Gasteiger partial charge in [-0.2, -0.15) is 0 Å². The average Bonchev–Trinajstić information content (AvgIpc) is 3.24. The van der Waals surface area contributed by atoms with E-state index in [0.717, 1.165) is 0 Å². The van der Waals surface area contributed by atoms with Gasteiger partial charge in [-0.25, -0.2) is 0 Å². The van der Waals surface area contributed by atoms with Gasteiger partial charge in [-0.1, -0.05) is 6.07 Å². The van der Waals surface area contributed by atoms with Crippen LogP contribution < -0.4 is 0 Å². The molecule has 3 heterocycles. The van der Waals surface area contributed by atoms with Gasteiger partial charge in [0.15, 0.2) is 11.5 Å². The van der Waals surface area contributed by atoms with Crippen LogP contribution in [0.3, 0.4) is 0 Å². The van der Waals surface area contributed by atoms with Crippen molar-refractivity contribution in [2.45, 2.75) is 26.0 Å². The fourth-order valence-corrected chi connectivity index (χ4v) is 2.89. The van der Waals surface area contributed by atoms with Crippen LogP contribution in [0.5, 0.6) is 0 Å². The summed E-state index contributed by atoms with van der Waals surface area (Å²) < 4.78 is 10.7. The molecule has 1 aliphatic heterocycles. The number of carbonyl (C=O) groups is 2. The maximum atomic E-state index is 12.8. The van der Waals surface area contributed by atoms with Crippen molar-refractivity contribution in [3.8, 4) is 0 Å². The number of furan rings is 1. The summed E-state index contributed by atoms with van der Waals surface area (Å²) in [5, 5.41) is 10.4. The predicted octanol–water partition coefficient (Wildman–Crippen LogP) is 2.68. The molecule has 3 rings (SSSR count). The van der Waals surface area contributed by atoms with Gasteiger partial charge in [0.1, 0.15) is 6.04 Å². The molecule has 0 aromatic carbocycles. The molecule has 1 unspecified atom stereocenters. The van der Waals surface area contributed by atoms with Crippen LogP contribution in [0.15, 0.2) is 58.5 Å². The predicted molar refractivity (Wildman–Crippen MR) is 92.5 cm³/mol. The van der Waals surface area contributed by atoms with Crippen LogP contribution >= 0.6 is 0 Å². The van der Waals surface area contributed by atoms with Crippen molar-refractivity contribution in [3.63, 3.8) is 0 Å². The lowest BCUT2D eigenvalue weighted by molar-refractivity contribution is -0.130. The van der Waals surface area contributed by atoms with Crippen molar-refractivity contribution in [1.82, 2.24) is 9.88 Å². The molecule has 0 radical (unpaired) electrons. The van der Waals surface area contributed by atoms with Crippen LogP contribution in [-0.4, -0.2) is 45.9 Å². The number of nitrogens with zero attached hydrogens (tertiary/aromatic N) is 2. The summed E-state index contributed by atoms with van der Waals surface area (Å²) >= 11 is 0. The monoisotopic (exact) mass is 356 g/mol. The number of aromatic nitrogens is 1. The van der Waals surface area contributed by atoms with Crippen molar-refractivity contribution >= 4 is 11.7 Å². The molecule has 2 aromatic rings. The first kappa shape index (κ1) is 17.9. The standard InChI is InChI=1S/C19H20N2O5/c1-12(2)25-11-9-21-16(13-6-3-4-8-20-13)15(18(23)19(21)24)17(22)14-7-5-10-26-14/h3-8,10,12,16,23H,9,11H2,1-2H3. The molecule has 1 aliphatic rings. The molecule has 0 bridgehead atoms. The number of pyridine rings is 1. The number of ether oxygens (including phenoxy) is 1. The molecule has 136 valence electrons. The largest absolute Gasteiger partial charge is 0.503 e. The van der Waals surface area contributed by atoms with E-state index in [0.29, 0.717) is 5.69 Å². The Bertz CT molecular complexity index is 812. The van der Waals surface area contributed by atoms with E-state index in [1.165, 1.54) is 17.2 Å². The van der Waals surface area contributed by atoms with E-state index in [9.17, 15) is 14.7 Å². The number of aliphatic hydroxyl groups is 1. The maximum Gasteiger partial charge on any atom is 0.290 e. The lowest BCUT2D eigenvalue weighted by Gasteiger charge is -2.26. The maximum absolute atomic E-state index is 12.8. The van der Waals surface area contributed by atoms with Crippen LogP contribution in [0, 0.1) is 0 Å². The second kappa shape index (κ2) is 7.53. The third-order valence-corrected chi connectivity index (χ3v) is 4.04. The third-order valence-electron chi connectivity index (χ3n) is 4.04. The number of ketones is 1. The Kier molecular flexibility index (Phi) is 5.18. The first-order valence-corrected chi connectivity index (χ1v) is 8.35. The molecule has 0 saturated heterocycles. The Balaban J connectivity index is 1.97. The Morgan fingerprint density at radius 2 is 2.15 bits per heavy atom. The quantitative estimate of drug-likeness (QED) is 0.767. The Morgan fingerprint density at radius 1 is 1.35 bits per heavy atom. The lowest BCUT2D eigenvalue weighted by Crippen LogP contribution is -2.35. The highest BCUT2D eigenvalue weighted by atomic mass is 16.5. The summed E-state index contributed by atoms with van der Waals surface area (Å²) in [6, 6.07) is 7.49. The zero-order valence-corrected chi connectivity index (χ0v) is 14.6. The van der Waals surface area contributed by atoms with Crippen molar-refractivity contribution in [1.29, 1.82) is 0 Å². The van der Waals surface area contributed by atoms with Crippen molar-refractivity contribution < 1.29 is 23.8 Å². The minimum absolute atomic E-state index is 0.00628. The fourth-order valence-electron chi connectivity index (χ4n) is 2.89. The van der Waals surface area contributed by atoms with Gasteiger partial charge in [0.05, 0.1) is 30.2 Å². The molecule has 0 aliphatic carbocycles. The van der Waals surface area contributed by atoms with Crippen LogP contribution in [0.25, 0.3) is 0 Å². The Morgan fingerprint density at radius 3 is 2.77 bits per heavy atom. The highest BCUT2D eigenvalue weighted by molar-refractivity contribution is 6.14. The number of Topliss-reactive ketones (excluding diaryl/α,β-unsaturated/α-hetero) is 1. The first-order valence-electron chi connectivity index (χ1n) is 8.35. The second-order valence-electron chi connectivity index (χ2n) is 6.14. The number of hydrogen-bond acceptors (Lipinski definition) is 6. The smallest absolute Gasteiger partial charge is 0.290 e. The van der Waals surface area contributed by atoms with Gasteiger partial charge in [-0.3, -0.25) is 14.6 Å². The molecule has 7 heteroatoms. The van der Waals surface area contributed by atoms with E-state index in [1.807, 2.05) is 13.8 Å². The fraction of sp³-hybridized carbons (Fsp3) is 0.316. The molecule has 1 amide bonds. The van der Waals surface area contributed by atoms with E-state index in [1.54, 1.807) is 30.5 Å². The van der Waals surface area contributed by atoms with Gasteiger partial charge in [-0.05, 0) is 38.1 Å². The average molecular weight is 356 g/mol. The van der Waals surface area contributed by atoms with Gasteiger partial charge in [-0.15, -0.1) is 0 Å². The number of amides is 1. The number of hydrogen-bond donors (Lipinski definition) is 1. The molecular weight excluding hydrogens is 336 g/mol. The van der Waals surface area contributed by atoms with Gasteiger partial charge in [0.2, 0.25) is 5.78 Å². The molecule has 1 N–H and O–H groups in total. The third kappa shape index (κ3) is 3.39. The highest BCUT2D eigenvalue weighted by Gasteiger charge is 2.44. The van der Waals surface area contributed by atoms with E-state index in [4.69, 9.17) is 9.15 Å². The van der Waals surface area contributed by atoms with Crippen molar-refractivity contribution in [2.24, 2.45) is 0 Å². The first-order chi connectivity index (χ1) is 12.5. The highest BCUT2D eigenvalue weighted by Crippen LogP contribution is 2.37. The van der Waals surface area contributed by atoms with Crippen LogP contribution in [0.1, 0.15) is 36.1 Å². The lowest BCUT2D eigenvalue weighted by atomic mass is 9.98. The molecule has 2 aromatic heterocycles. The molecule has 0 fully saturated rings. The minimum atomic E-state index is -0.794. The van der Waals surface area contributed by atoms with Gasteiger partial charge < -0.3 is 19.2 Å². The second-order valence-corrected chi connectivity index (χ2v) is 6.14. The van der Waals surface area contributed by atoms with E-state index >= 15 is 0 Å². The van der Waals surface area contributed by atoms with E-state index in [2.05, 4.69) is 4.98 Å². The van der Waals surface area contributed by atoms with Crippen LogP contribution in [-0.2, 0) is 9.53 Å². The number of carbonyl (C=O) groups excluding carboxylic acids is 2. The summed E-state index contributed by atoms with van der Waals surface area (Å²) in [6.07, 6.45) is 2.95. The molecule has 0 saturated carbocycles. The Hall–Kier alpha value is -2.93. The SMILES string of the molecule is CC(C)OCCN1C(=O)C(O)=C(C(=O)c2ccco2)C1c1ccccn1. The van der Waals surface area contributed by atoms with E-state index < -0.39 is 23.5 Å². The summed E-state index contributed by atoms with van der Waals surface area (Å²) in [7, 11) is 0. The minimum Gasteiger partial charge on any atom is -0.503 e. The molecule has 7 nitrogen and oxygen atoms in total. The van der Waals surface area contributed by atoms with Crippen molar-refractivity contribution in [3.05, 3.63) is 65.6 Å². The van der Waals surface area contributed by atoms with Gasteiger partial charge in [0, 0.05) is 12.7 Å². The zero-order chi connectivity index (χ0) is 18.7. The normalized spacial score (nSPS) is 17.4. The van der Waals surface area contributed by atoms with Crippen molar-refractivity contribution in [2.75, 3.05) is 13.2 Å².